The Morgan fingerprint density at radius 3 is 3.00 bits per heavy atom. The van der Waals surface area contributed by atoms with Crippen molar-refractivity contribution in [1.82, 2.24) is 0 Å². The summed E-state index contributed by atoms with van der Waals surface area (Å²) in [6.45, 7) is 6.90. The van der Waals surface area contributed by atoms with Crippen molar-refractivity contribution in [1.29, 1.82) is 0 Å². The smallest absolute Gasteiger partial charge is 0.0848 e. The zero-order valence-corrected chi connectivity index (χ0v) is 6.76. The van der Waals surface area contributed by atoms with Gasteiger partial charge in [-0.05, 0) is 6.42 Å². The van der Waals surface area contributed by atoms with Gasteiger partial charge in [-0.1, -0.05) is 13.8 Å². The lowest BCUT2D eigenvalue weighted by atomic mass is 10.1. The maximum absolute atomic E-state index is 5.24. The van der Waals surface area contributed by atoms with Crippen LogP contribution in [0.15, 0.2) is 4.99 Å². The number of rotatable bonds is 2. The van der Waals surface area contributed by atoms with Gasteiger partial charge < -0.3 is 4.74 Å². The van der Waals surface area contributed by atoms with Gasteiger partial charge in [0.15, 0.2) is 0 Å². The van der Waals surface area contributed by atoms with Gasteiger partial charge in [0, 0.05) is 18.2 Å². The zero-order valence-electron chi connectivity index (χ0n) is 6.76. The Morgan fingerprint density at radius 1 is 1.70 bits per heavy atom. The van der Waals surface area contributed by atoms with Crippen molar-refractivity contribution in [2.75, 3.05) is 19.8 Å². The standard InChI is InChI=1S/C8H15NO/c1-3-4-9-8-6-10-5-7(8)2/h7H,3-6H2,1-2H3. The van der Waals surface area contributed by atoms with Gasteiger partial charge in [-0.3, -0.25) is 4.99 Å². The molecule has 58 valence electrons. The molecule has 2 heteroatoms. The third-order valence-electron chi connectivity index (χ3n) is 1.73. The molecule has 0 bridgehead atoms. The van der Waals surface area contributed by atoms with Crippen LogP contribution in [0, 0.1) is 5.92 Å². The van der Waals surface area contributed by atoms with Crippen LogP contribution in [-0.4, -0.2) is 25.5 Å². The molecule has 2 nitrogen and oxygen atoms in total. The van der Waals surface area contributed by atoms with Gasteiger partial charge in [0.2, 0.25) is 0 Å². The maximum Gasteiger partial charge on any atom is 0.0848 e. The van der Waals surface area contributed by atoms with E-state index in [0.717, 1.165) is 26.2 Å². The topological polar surface area (TPSA) is 21.6 Å². The number of nitrogens with zero attached hydrogens (tertiary/aromatic N) is 1. The molecule has 1 saturated heterocycles. The minimum absolute atomic E-state index is 0.562. The lowest BCUT2D eigenvalue weighted by Gasteiger charge is -1.98. The van der Waals surface area contributed by atoms with Crippen LogP contribution >= 0.6 is 0 Å². The van der Waals surface area contributed by atoms with Crippen molar-refractivity contribution < 1.29 is 4.74 Å². The van der Waals surface area contributed by atoms with Crippen molar-refractivity contribution >= 4 is 5.71 Å². The van der Waals surface area contributed by atoms with E-state index in [1.165, 1.54) is 5.71 Å². The Hall–Kier alpha value is -0.370. The molecule has 1 unspecified atom stereocenters. The highest BCUT2D eigenvalue weighted by molar-refractivity contribution is 5.89. The van der Waals surface area contributed by atoms with E-state index < -0.39 is 0 Å². The van der Waals surface area contributed by atoms with Gasteiger partial charge in [-0.15, -0.1) is 0 Å². The minimum atomic E-state index is 0.562. The third kappa shape index (κ3) is 1.81. The summed E-state index contributed by atoms with van der Waals surface area (Å²) in [5.41, 5.74) is 1.25. The second-order valence-corrected chi connectivity index (χ2v) is 2.79. The molecule has 1 rings (SSSR count). The summed E-state index contributed by atoms with van der Waals surface area (Å²) in [6.07, 6.45) is 1.14. The molecule has 0 saturated carbocycles. The maximum atomic E-state index is 5.24. The molecule has 1 aliphatic heterocycles. The summed E-state index contributed by atoms with van der Waals surface area (Å²) in [4.78, 5) is 4.41. The number of aliphatic imine (C=N–C) groups is 1. The predicted octanol–water partition coefficient (Wildman–Crippen LogP) is 1.50. The highest BCUT2D eigenvalue weighted by Gasteiger charge is 2.17. The Labute approximate surface area is 62.3 Å². The average molecular weight is 141 g/mol. The predicted molar refractivity (Wildman–Crippen MR) is 42.6 cm³/mol. The van der Waals surface area contributed by atoms with Gasteiger partial charge >= 0.3 is 0 Å². The van der Waals surface area contributed by atoms with Crippen LogP contribution in [0.4, 0.5) is 0 Å². The van der Waals surface area contributed by atoms with Crippen molar-refractivity contribution in [3.8, 4) is 0 Å². The van der Waals surface area contributed by atoms with E-state index in [0.29, 0.717) is 5.92 Å². The molecule has 10 heavy (non-hydrogen) atoms. The highest BCUT2D eigenvalue weighted by atomic mass is 16.5. The van der Waals surface area contributed by atoms with Gasteiger partial charge in [0.25, 0.3) is 0 Å². The van der Waals surface area contributed by atoms with Crippen molar-refractivity contribution in [3.63, 3.8) is 0 Å². The average Bonchev–Trinajstić information content (AvgIpc) is 2.31. The molecule has 0 N–H and O–H groups in total. The van der Waals surface area contributed by atoms with Crippen LogP contribution in [0.2, 0.25) is 0 Å². The van der Waals surface area contributed by atoms with Crippen LogP contribution in [0.25, 0.3) is 0 Å². The summed E-state index contributed by atoms with van der Waals surface area (Å²) < 4.78 is 5.24. The van der Waals surface area contributed by atoms with E-state index >= 15 is 0 Å². The fourth-order valence-electron chi connectivity index (χ4n) is 1.04. The molecular weight excluding hydrogens is 126 g/mol. The molecule has 0 amide bonds. The molecule has 0 aliphatic carbocycles. The van der Waals surface area contributed by atoms with E-state index in [-0.39, 0.29) is 0 Å². The Kier molecular flexibility index (Phi) is 2.87. The van der Waals surface area contributed by atoms with Crippen molar-refractivity contribution in [3.05, 3.63) is 0 Å². The Balaban J connectivity index is 2.38. The minimum Gasteiger partial charge on any atom is -0.375 e. The third-order valence-corrected chi connectivity index (χ3v) is 1.73. The van der Waals surface area contributed by atoms with E-state index in [2.05, 4.69) is 18.8 Å². The summed E-state index contributed by atoms with van der Waals surface area (Å²) in [7, 11) is 0. The molecule has 1 heterocycles. The summed E-state index contributed by atoms with van der Waals surface area (Å²) >= 11 is 0. The first-order valence-electron chi connectivity index (χ1n) is 3.95. The van der Waals surface area contributed by atoms with Gasteiger partial charge in [0.1, 0.15) is 0 Å². The SMILES string of the molecule is CCCN=C1COCC1C. The second kappa shape index (κ2) is 3.71. The Bertz CT molecular complexity index is 131. The van der Waals surface area contributed by atoms with E-state index in [9.17, 15) is 0 Å². The number of hydrogen-bond donors (Lipinski definition) is 0. The monoisotopic (exact) mass is 141 g/mol. The second-order valence-electron chi connectivity index (χ2n) is 2.79. The van der Waals surface area contributed by atoms with Crippen LogP contribution in [0.5, 0.6) is 0 Å². The van der Waals surface area contributed by atoms with Crippen LogP contribution in [0.3, 0.4) is 0 Å². The molecule has 0 spiro atoms. The van der Waals surface area contributed by atoms with Gasteiger partial charge in [-0.2, -0.15) is 0 Å². The Morgan fingerprint density at radius 2 is 2.50 bits per heavy atom. The van der Waals surface area contributed by atoms with E-state index in [1.807, 2.05) is 0 Å². The van der Waals surface area contributed by atoms with E-state index in [4.69, 9.17) is 4.74 Å². The first-order valence-corrected chi connectivity index (χ1v) is 3.95. The first kappa shape index (κ1) is 7.73. The van der Waals surface area contributed by atoms with Gasteiger partial charge in [0.05, 0.1) is 13.2 Å². The largest absolute Gasteiger partial charge is 0.375 e. The van der Waals surface area contributed by atoms with Crippen LogP contribution < -0.4 is 0 Å². The zero-order chi connectivity index (χ0) is 7.40. The van der Waals surface area contributed by atoms with Crippen molar-refractivity contribution in [2.45, 2.75) is 20.3 Å². The summed E-state index contributed by atoms with van der Waals surface area (Å²) in [5.74, 6) is 0.562. The fourth-order valence-corrected chi connectivity index (χ4v) is 1.04. The van der Waals surface area contributed by atoms with E-state index in [1.54, 1.807) is 0 Å². The van der Waals surface area contributed by atoms with Gasteiger partial charge in [-0.25, -0.2) is 0 Å². The summed E-state index contributed by atoms with van der Waals surface area (Å²) in [6, 6.07) is 0. The lowest BCUT2D eigenvalue weighted by molar-refractivity contribution is 0.193. The molecule has 1 atom stereocenters. The summed E-state index contributed by atoms with van der Waals surface area (Å²) in [5, 5.41) is 0. The van der Waals surface area contributed by atoms with Crippen molar-refractivity contribution in [2.24, 2.45) is 10.9 Å². The molecule has 1 fully saturated rings. The highest BCUT2D eigenvalue weighted by Crippen LogP contribution is 2.08. The normalized spacial score (nSPS) is 29.8. The fraction of sp³-hybridized carbons (Fsp3) is 0.875. The quantitative estimate of drug-likeness (QED) is 0.571. The number of hydrogen-bond acceptors (Lipinski definition) is 2. The lowest BCUT2D eigenvalue weighted by Crippen LogP contribution is -2.07. The molecule has 0 radical (unpaired) electrons. The van der Waals surface area contributed by atoms with Crippen LogP contribution in [0.1, 0.15) is 20.3 Å². The molecular formula is C8H15NO. The molecule has 0 aromatic heterocycles. The van der Waals surface area contributed by atoms with Crippen LogP contribution in [-0.2, 0) is 4.74 Å². The molecule has 1 aliphatic rings. The number of ether oxygens (including phenoxy) is 1. The molecule has 0 aromatic rings. The first-order chi connectivity index (χ1) is 4.84. The molecule has 0 aromatic carbocycles.